The van der Waals surface area contributed by atoms with Crippen LogP contribution in [-0.2, 0) is 0 Å². The summed E-state index contributed by atoms with van der Waals surface area (Å²) >= 11 is 0. The zero-order valence-electron chi connectivity index (χ0n) is 11.5. The number of urea groups is 1. The molecule has 1 aromatic heterocycles. The van der Waals surface area contributed by atoms with E-state index in [-0.39, 0.29) is 18.2 Å². The fourth-order valence-corrected chi connectivity index (χ4v) is 2.17. The number of ether oxygens (including phenoxy) is 1. The van der Waals surface area contributed by atoms with Crippen LogP contribution in [0.3, 0.4) is 0 Å². The first-order chi connectivity index (χ1) is 9.15. The number of carbonyl (C=O) groups excluding carboxylic acids is 1. The van der Waals surface area contributed by atoms with E-state index >= 15 is 0 Å². The third-order valence-corrected chi connectivity index (χ3v) is 3.03. The number of carbonyl (C=O) groups is 1. The molecule has 1 aromatic rings. The van der Waals surface area contributed by atoms with Crippen LogP contribution in [0.2, 0.25) is 0 Å². The van der Waals surface area contributed by atoms with E-state index in [0.717, 1.165) is 25.1 Å². The second-order valence-corrected chi connectivity index (χ2v) is 5.12. The van der Waals surface area contributed by atoms with Crippen molar-refractivity contribution in [1.82, 2.24) is 15.2 Å². The minimum absolute atomic E-state index is 0.00183. The van der Waals surface area contributed by atoms with Gasteiger partial charge in [-0.15, -0.1) is 0 Å². The predicted molar refractivity (Wildman–Crippen MR) is 73.1 cm³/mol. The van der Waals surface area contributed by atoms with Crippen LogP contribution in [0, 0.1) is 0 Å². The van der Waals surface area contributed by atoms with Gasteiger partial charge in [0.05, 0.1) is 6.54 Å². The fraction of sp³-hybridized carbons (Fsp3) is 0.571. The van der Waals surface area contributed by atoms with Gasteiger partial charge in [0, 0.05) is 25.0 Å². The second kappa shape index (κ2) is 6.41. The quantitative estimate of drug-likeness (QED) is 0.908. The van der Waals surface area contributed by atoms with Crippen molar-refractivity contribution >= 4 is 6.03 Å². The summed E-state index contributed by atoms with van der Waals surface area (Å²) < 4.78 is 5.88. The first kappa shape index (κ1) is 13.6. The SMILES string of the molecule is CC(C)NC(=O)N1CCCC(Oc2ccncc2)C1. The Kier molecular flexibility index (Phi) is 4.60. The molecule has 0 spiro atoms. The Morgan fingerprint density at radius 1 is 1.47 bits per heavy atom. The molecule has 0 saturated carbocycles. The fourth-order valence-electron chi connectivity index (χ4n) is 2.17. The number of nitrogens with zero attached hydrogens (tertiary/aromatic N) is 2. The van der Waals surface area contributed by atoms with Gasteiger partial charge in [-0.25, -0.2) is 4.79 Å². The minimum Gasteiger partial charge on any atom is -0.488 e. The number of piperidine rings is 1. The van der Waals surface area contributed by atoms with Crippen molar-refractivity contribution in [2.24, 2.45) is 0 Å². The molecule has 2 heterocycles. The van der Waals surface area contributed by atoms with Gasteiger partial charge in [0.25, 0.3) is 0 Å². The normalized spacial score (nSPS) is 19.3. The van der Waals surface area contributed by atoms with E-state index in [1.807, 2.05) is 30.9 Å². The van der Waals surface area contributed by atoms with E-state index < -0.39 is 0 Å². The highest BCUT2D eigenvalue weighted by molar-refractivity contribution is 5.74. The molecule has 1 aliphatic heterocycles. The highest BCUT2D eigenvalue weighted by atomic mass is 16.5. The van der Waals surface area contributed by atoms with Gasteiger partial charge in [-0.1, -0.05) is 0 Å². The summed E-state index contributed by atoms with van der Waals surface area (Å²) in [6, 6.07) is 3.84. The first-order valence-corrected chi connectivity index (χ1v) is 6.77. The Labute approximate surface area is 114 Å². The molecule has 1 fully saturated rings. The monoisotopic (exact) mass is 263 g/mol. The van der Waals surface area contributed by atoms with Gasteiger partial charge in [-0.3, -0.25) is 4.98 Å². The van der Waals surface area contributed by atoms with E-state index in [9.17, 15) is 4.79 Å². The maximum absolute atomic E-state index is 12.0. The van der Waals surface area contributed by atoms with Crippen molar-refractivity contribution in [3.63, 3.8) is 0 Å². The molecule has 0 bridgehead atoms. The summed E-state index contributed by atoms with van der Waals surface area (Å²) in [5.41, 5.74) is 0. The summed E-state index contributed by atoms with van der Waals surface area (Å²) in [6.45, 7) is 5.37. The standard InChI is InChI=1S/C14H21N3O2/c1-11(2)16-14(18)17-9-3-4-13(10-17)19-12-5-7-15-8-6-12/h5-8,11,13H,3-4,9-10H2,1-2H3,(H,16,18). The van der Waals surface area contributed by atoms with Gasteiger partial charge in [0.15, 0.2) is 0 Å². The van der Waals surface area contributed by atoms with Crippen LogP contribution < -0.4 is 10.1 Å². The first-order valence-electron chi connectivity index (χ1n) is 6.77. The highest BCUT2D eigenvalue weighted by Crippen LogP contribution is 2.17. The summed E-state index contributed by atoms with van der Waals surface area (Å²) in [5, 5.41) is 2.92. The lowest BCUT2D eigenvalue weighted by molar-refractivity contribution is 0.100. The molecule has 1 N–H and O–H groups in total. The Balaban J connectivity index is 1.88. The van der Waals surface area contributed by atoms with Crippen LogP contribution in [0.1, 0.15) is 26.7 Å². The van der Waals surface area contributed by atoms with Crippen LogP contribution in [0.4, 0.5) is 4.79 Å². The van der Waals surface area contributed by atoms with Crippen molar-refractivity contribution in [2.75, 3.05) is 13.1 Å². The zero-order valence-corrected chi connectivity index (χ0v) is 11.5. The molecule has 19 heavy (non-hydrogen) atoms. The number of pyridine rings is 1. The Bertz CT molecular complexity index is 408. The number of rotatable bonds is 3. The molecule has 0 aliphatic carbocycles. The van der Waals surface area contributed by atoms with E-state index in [2.05, 4.69) is 10.3 Å². The van der Waals surface area contributed by atoms with Crippen LogP contribution in [-0.4, -0.2) is 41.2 Å². The van der Waals surface area contributed by atoms with Gasteiger partial charge in [0.2, 0.25) is 0 Å². The largest absolute Gasteiger partial charge is 0.488 e. The topological polar surface area (TPSA) is 54.5 Å². The molecule has 5 nitrogen and oxygen atoms in total. The van der Waals surface area contributed by atoms with Gasteiger partial charge >= 0.3 is 6.03 Å². The summed E-state index contributed by atoms with van der Waals surface area (Å²) in [6.07, 6.45) is 5.44. The molecule has 2 rings (SSSR count). The lowest BCUT2D eigenvalue weighted by atomic mass is 10.1. The predicted octanol–water partition coefficient (Wildman–Crippen LogP) is 2.04. The molecule has 1 atom stereocenters. The van der Waals surface area contributed by atoms with E-state index in [0.29, 0.717) is 6.54 Å². The van der Waals surface area contributed by atoms with E-state index in [1.54, 1.807) is 12.4 Å². The van der Waals surface area contributed by atoms with Gasteiger partial charge in [-0.05, 0) is 38.8 Å². The molecule has 0 radical (unpaired) electrons. The maximum Gasteiger partial charge on any atom is 0.317 e. The zero-order chi connectivity index (χ0) is 13.7. The molecule has 1 unspecified atom stereocenters. The Morgan fingerprint density at radius 2 is 2.21 bits per heavy atom. The summed E-state index contributed by atoms with van der Waals surface area (Å²) in [7, 11) is 0. The molecule has 104 valence electrons. The lowest BCUT2D eigenvalue weighted by Crippen LogP contribution is -2.50. The molecular formula is C14H21N3O2. The molecule has 2 amide bonds. The molecule has 1 aliphatic rings. The van der Waals surface area contributed by atoms with Crippen LogP contribution >= 0.6 is 0 Å². The lowest BCUT2D eigenvalue weighted by Gasteiger charge is -2.33. The van der Waals surface area contributed by atoms with Gasteiger partial charge in [0.1, 0.15) is 11.9 Å². The maximum atomic E-state index is 12.0. The van der Waals surface area contributed by atoms with Crippen molar-refractivity contribution in [3.8, 4) is 5.75 Å². The summed E-state index contributed by atoms with van der Waals surface area (Å²) in [5.74, 6) is 0.811. The smallest absolute Gasteiger partial charge is 0.317 e. The third-order valence-electron chi connectivity index (χ3n) is 3.03. The number of amides is 2. The van der Waals surface area contributed by atoms with Crippen molar-refractivity contribution < 1.29 is 9.53 Å². The molecular weight excluding hydrogens is 242 g/mol. The van der Waals surface area contributed by atoms with E-state index in [4.69, 9.17) is 4.74 Å². The average Bonchev–Trinajstić information content (AvgIpc) is 2.39. The molecule has 1 saturated heterocycles. The number of nitrogens with one attached hydrogen (secondary N) is 1. The van der Waals surface area contributed by atoms with Crippen molar-refractivity contribution in [1.29, 1.82) is 0 Å². The Morgan fingerprint density at radius 3 is 2.89 bits per heavy atom. The van der Waals surface area contributed by atoms with Crippen LogP contribution in [0.5, 0.6) is 5.75 Å². The van der Waals surface area contributed by atoms with Gasteiger partial charge in [-0.2, -0.15) is 0 Å². The number of likely N-dealkylation sites (tertiary alicyclic amines) is 1. The Hall–Kier alpha value is -1.78. The molecule has 5 heteroatoms. The number of hydrogen-bond acceptors (Lipinski definition) is 3. The number of aromatic nitrogens is 1. The highest BCUT2D eigenvalue weighted by Gasteiger charge is 2.25. The van der Waals surface area contributed by atoms with Crippen molar-refractivity contribution in [2.45, 2.75) is 38.8 Å². The van der Waals surface area contributed by atoms with Crippen molar-refractivity contribution in [3.05, 3.63) is 24.5 Å². The van der Waals surface area contributed by atoms with Crippen LogP contribution in [0.15, 0.2) is 24.5 Å². The molecule has 0 aromatic carbocycles. The minimum atomic E-state index is -0.00183. The summed E-state index contributed by atoms with van der Waals surface area (Å²) in [4.78, 5) is 17.7. The average molecular weight is 263 g/mol. The third kappa shape index (κ3) is 4.12. The van der Waals surface area contributed by atoms with E-state index in [1.165, 1.54) is 0 Å². The van der Waals surface area contributed by atoms with Gasteiger partial charge < -0.3 is 15.0 Å². The second-order valence-electron chi connectivity index (χ2n) is 5.12. The number of hydrogen-bond donors (Lipinski definition) is 1. The van der Waals surface area contributed by atoms with Crippen LogP contribution in [0.25, 0.3) is 0 Å².